The molecule has 0 bridgehead atoms. The molecular formula is C8H6N4O9. The third-order valence-electron chi connectivity index (χ3n) is 2.37. The summed E-state index contributed by atoms with van der Waals surface area (Å²) in [4.78, 5) is 38.1. The molecule has 1 rings (SSSR count). The SMILES string of the molecule is COc1c([N+](=O)[O-])cc(C([N+](=O)[O-])[N+](=O)[O-])cc1[N+](=O)[O-]. The molecule has 0 aromatic heterocycles. The number of methoxy groups -OCH3 is 1. The van der Waals surface area contributed by atoms with Crippen LogP contribution in [0.15, 0.2) is 12.1 Å². The Morgan fingerprint density at radius 2 is 1.29 bits per heavy atom. The second-order valence-corrected chi connectivity index (χ2v) is 3.55. The first-order valence-electron chi connectivity index (χ1n) is 4.98. The lowest BCUT2D eigenvalue weighted by molar-refractivity contribution is -0.752. The second kappa shape index (κ2) is 5.72. The maximum atomic E-state index is 10.8. The Morgan fingerprint density at radius 3 is 1.52 bits per heavy atom. The molecule has 112 valence electrons. The predicted octanol–water partition coefficient (Wildman–Crippen LogP) is 1.06. The predicted molar refractivity (Wildman–Crippen MR) is 63.0 cm³/mol. The van der Waals surface area contributed by atoms with Gasteiger partial charge in [-0.15, -0.1) is 0 Å². The number of hydrogen-bond donors (Lipinski definition) is 0. The van der Waals surface area contributed by atoms with Gasteiger partial charge in [0.05, 0.1) is 17.0 Å². The molecule has 1 aromatic carbocycles. The minimum Gasteiger partial charge on any atom is -0.485 e. The van der Waals surface area contributed by atoms with E-state index in [1.807, 2.05) is 0 Å². The standard InChI is InChI=1S/C8H6N4O9/c1-21-7-5(9(13)14)2-4(3-6(7)10(15)16)8(11(17)18)12(19)20/h2-3,8H,1H3. The van der Waals surface area contributed by atoms with E-state index in [-0.39, 0.29) is 0 Å². The summed E-state index contributed by atoms with van der Waals surface area (Å²) in [6.45, 7) is 0. The second-order valence-electron chi connectivity index (χ2n) is 3.55. The van der Waals surface area contributed by atoms with Gasteiger partial charge in [0.2, 0.25) is 0 Å². The molecule has 1 aromatic rings. The molecule has 0 amide bonds. The fraction of sp³-hybridized carbons (Fsp3) is 0.250. The number of nitro groups is 4. The Morgan fingerprint density at radius 1 is 0.905 bits per heavy atom. The first kappa shape index (κ1) is 15.7. The molecule has 21 heavy (non-hydrogen) atoms. The molecule has 0 aliphatic rings. The van der Waals surface area contributed by atoms with Crippen LogP contribution in [0.4, 0.5) is 11.4 Å². The fourth-order valence-corrected chi connectivity index (χ4v) is 1.57. The maximum absolute atomic E-state index is 10.8. The summed E-state index contributed by atoms with van der Waals surface area (Å²) in [6, 6.07) is 1.00. The number of benzene rings is 1. The van der Waals surface area contributed by atoms with E-state index in [0.717, 1.165) is 7.11 Å². The Hall–Kier alpha value is -3.38. The van der Waals surface area contributed by atoms with Crippen molar-refractivity contribution in [1.82, 2.24) is 0 Å². The van der Waals surface area contributed by atoms with Gasteiger partial charge in [0.15, 0.2) is 0 Å². The van der Waals surface area contributed by atoms with E-state index in [0.29, 0.717) is 12.1 Å². The van der Waals surface area contributed by atoms with Crippen LogP contribution in [0.1, 0.15) is 11.7 Å². The van der Waals surface area contributed by atoms with Gasteiger partial charge in [-0.1, -0.05) is 0 Å². The van der Waals surface area contributed by atoms with Gasteiger partial charge in [-0.05, 0) is 0 Å². The van der Waals surface area contributed by atoms with Crippen molar-refractivity contribution in [2.45, 2.75) is 6.17 Å². The normalized spacial score (nSPS) is 10.2. The van der Waals surface area contributed by atoms with E-state index < -0.39 is 48.5 Å². The van der Waals surface area contributed by atoms with Crippen molar-refractivity contribution in [3.05, 3.63) is 58.2 Å². The molecule has 0 unspecified atom stereocenters. The Labute approximate surface area is 114 Å². The summed E-state index contributed by atoms with van der Waals surface area (Å²) in [5.74, 6) is -0.751. The number of hydrogen-bond acceptors (Lipinski definition) is 9. The Balaban J connectivity index is 3.70. The summed E-state index contributed by atoms with van der Waals surface area (Å²) in [6.07, 6.45) is -2.56. The van der Waals surface area contributed by atoms with Crippen LogP contribution in [0.2, 0.25) is 0 Å². The molecule has 0 saturated heterocycles. The summed E-state index contributed by atoms with van der Waals surface area (Å²) >= 11 is 0. The zero-order chi connectivity index (χ0) is 16.3. The average molecular weight is 302 g/mol. The molecule has 13 nitrogen and oxygen atoms in total. The van der Waals surface area contributed by atoms with Crippen LogP contribution >= 0.6 is 0 Å². The van der Waals surface area contributed by atoms with E-state index in [1.165, 1.54) is 0 Å². The molecule has 0 spiro atoms. The molecule has 0 heterocycles. The van der Waals surface area contributed by atoms with Gasteiger partial charge in [-0.2, -0.15) is 0 Å². The number of ether oxygens (including phenoxy) is 1. The molecule has 0 N–H and O–H groups in total. The van der Waals surface area contributed by atoms with Gasteiger partial charge in [-0.3, -0.25) is 40.5 Å². The maximum Gasteiger partial charge on any atom is 0.477 e. The molecule has 0 saturated carbocycles. The van der Waals surface area contributed by atoms with Crippen molar-refractivity contribution >= 4 is 11.4 Å². The molecular weight excluding hydrogens is 296 g/mol. The molecule has 0 aliphatic carbocycles. The van der Waals surface area contributed by atoms with Crippen LogP contribution in [-0.4, -0.2) is 26.8 Å². The summed E-state index contributed by atoms with van der Waals surface area (Å²) in [5, 5.41) is 43.0. The van der Waals surface area contributed by atoms with Crippen LogP contribution in [0.25, 0.3) is 0 Å². The summed E-state index contributed by atoms with van der Waals surface area (Å²) < 4.78 is 4.53. The molecule has 0 fully saturated rings. The molecule has 0 aliphatic heterocycles. The van der Waals surface area contributed by atoms with Crippen LogP contribution in [0.3, 0.4) is 0 Å². The highest BCUT2D eigenvalue weighted by molar-refractivity contribution is 5.62. The minimum atomic E-state index is -2.56. The van der Waals surface area contributed by atoms with Gasteiger partial charge in [0, 0.05) is 12.1 Å². The van der Waals surface area contributed by atoms with Crippen molar-refractivity contribution < 1.29 is 24.4 Å². The van der Waals surface area contributed by atoms with Crippen LogP contribution in [0, 0.1) is 40.5 Å². The topological polar surface area (TPSA) is 182 Å². The van der Waals surface area contributed by atoms with E-state index in [1.54, 1.807) is 0 Å². The number of rotatable bonds is 6. The highest BCUT2D eigenvalue weighted by Crippen LogP contribution is 2.39. The summed E-state index contributed by atoms with van der Waals surface area (Å²) in [7, 11) is 0.924. The van der Waals surface area contributed by atoms with Crippen molar-refractivity contribution in [3.63, 3.8) is 0 Å². The number of nitrogens with zero attached hydrogens (tertiary/aromatic N) is 4. The molecule has 0 atom stereocenters. The number of nitro benzene ring substituents is 2. The quantitative estimate of drug-likeness (QED) is 0.421. The third-order valence-corrected chi connectivity index (χ3v) is 2.37. The monoisotopic (exact) mass is 302 g/mol. The summed E-state index contributed by atoms with van der Waals surface area (Å²) in [5.41, 5.74) is -2.75. The van der Waals surface area contributed by atoms with Gasteiger partial charge in [-0.25, -0.2) is 0 Å². The van der Waals surface area contributed by atoms with E-state index in [4.69, 9.17) is 0 Å². The smallest absolute Gasteiger partial charge is 0.477 e. The molecule has 13 heteroatoms. The average Bonchev–Trinajstić information content (AvgIpc) is 2.36. The van der Waals surface area contributed by atoms with Gasteiger partial charge in [0.25, 0.3) is 5.75 Å². The van der Waals surface area contributed by atoms with E-state index >= 15 is 0 Å². The Kier molecular flexibility index (Phi) is 4.27. The van der Waals surface area contributed by atoms with E-state index in [2.05, 4.69) is 4.74 Å². The van der Waals surface area contributed by atoms with Crippen LogP contribution in [-0.2, 0) is 0 Å². The third kappa shape index (κ3) is 2.96. The first-order chi connectivity index (χ1) is 9.70. The van der Waals surface area contributed by atoms with E-state index in [9.17, 15) is 40.5 Å². The van der Waals surface area contributed by atoms with Gasteiger partial charge < -0.3 is 4.74 Å². The van der Waals surface area contributed by atoms with Crippen molar-refractivity contribution in [1.29, 1.82) is 0 Å². The zero-order valence-electron chi connectivity index (χ0n) is 10.2. The van der Waals surface area contributed by atoms with Crippen molar-refractivity contribution in [3.8, 4) is 5.75 Å². The molecule has 0 radical (unpaired) electrons. The zero-order valence-corrected chi connectivity index (χ0v) is 10.2. The lowest BCUT2D eigenvalue weighted by atomic mass is 10.1. The van der Waals surface area contributed by atoms with Gasteiger partial charge >= 0.3 is 17.5 Å². The van der Waals surface area contributed by atoms with Crippen molar-refractivity contribution in [2.24, 2.45) is 0 Å². The van der Waals surface area contributed by atoms with Crippen LogP contribution < -0.4 is 4.74 Å². The van der Waals surface area contributed by atoms with Gasteiger partial charge in [0.1, 0.15) is 15.4 Å². The lowest BCUT2D eigenvalue weighted by Gasteiger charge is -2.06. The minimum absolute atomic E-state index is 0.502. The lowest BCUT2D eigenvalue weighted by Crippen LogP contribution is -2.20. The fourth-order valence-electron chi connectivity index (χ4n) is 1.57. The van der Waals surface area contributed by atoms with Crippen LogP contribution in [0.5, 0.6) is 5.75 Å². The largest absolute Gasteiger partial charge is 0.485 e. The van der Waals surface area contributed by atoms with Crippen molar-refractivity contribution in [2.75, 3.05) is 7.11 Å². The highest BCUT2D eigenvalue weighted by atomic mass is 16.7. The Bertz CT molecular complexity index is 594. The highest BCUT2D eigenvalue weighted by Gasteiger charge is 2.40. The first-order valence-corrected chi connectivity index (χ1v) is 4.98.